The van der Waals surface area contributed by atoms with Crippen LogP contribution in [-0.2, 0) is 20.9 Å². The summed E-state index contributed by atoms with van der Waals surface area (Å²) < 4.78 is 1.76. The predicted octanol–water partition coefficient (Wildman–Crippen LogP) is 3.72. The van der Waals surface area contributed by atoms with E-state index in [2.05, 4.69) is 10.6 Å². The minimum atomic E-state index is -0.688. The number of rotatable bonds is 5. The van der Waals surface area contributed by atoms with E-state index in [1.54, 1.807) is 32.7 Å². The molecule has 232 valence electrons. The van der Waals surface area contributed by atoms with Gasteiger partial charge in [-0.3, -0.25) is 19.2 Å². The Kier molecular flexibility index (Phi) is 9.72. The molecule has 11 heteroatoms. The van der Waals surface area contributed by atoms with Crippen molar-refractivity contribution in [3.05, 3.63) is 66.0 Å². The zero-order chi connectivity index (χ0) is 31.2. The zero-order valence-corrected chi connectivity index (χ0v) is 25.7. The Morgan fingerprint density at radius 3 is 2.43 bits per heavy atom. The largest absolute Gasteiger partial charge is 0.345 e. The van der Waals surface area contributed by atoms with Crippen LogP contribution in [-0.4, -0.2) is 69.0 Å². The molecular formula is C33H41N7O4. The van der Waals surface area contributed by atoms with E-state index in [9.17, 15) is 19.2 Å². The Morgan fingerprint density at radius 2 is 1.70 bits per heavy atom. The number of aromatic nitrogens is 3. The number of hydrogen-bond acceptors (Lipinski definition) is 6. The van der Waals surface area contributed by atoms with Gasteiger partial charge in [0.15, 0.2) is 5.82 Å². The maximum absolute atomic E-state index is 13.9. The molecule has 0 radical (unpaired) electrons. The second-order valence-electron chi connectivity index (χ2n) is 12.0. The molecule has 0 saturated carbocycles. The molecular weight excluding hydrogens is 558 g/mol. The lowest BCUT2D eigenvalue weighted by molar-refractivity contribution is -0.129. The van der Waals surface area contributed by atoms with E-state index < -0.39 is 12.1 Å². The fraction of sp³-hybridized carbons (Fsp3) is 0.455. The van der Waals surface area contributed by atoms with Gasteiger partial charge in [0, 0.05) is 49.3 Å². The van der Waals surface area contributed by atoms with E-state index in [0.717, 1.165) is 12.0 Å². The minimum Gasteiger partial charge on any atom is -0.345 e. The van der Waals surface area contributed by atoms with Gasteiger partial charge in [-0.05, 0) is 50.3 Å². The number of nitrogens with one attached hydrogen (secondary N) is 2. The van der Waals surface area contributed by atoms with Gasteiger partial charge in [-0.25, -0.2) is 9.67 Å². The molecule has 44 heavy (non-hydrogen) atoms. The van der Waals surface area contributed by atoms with E-state index >= 15 is 0 Å². The molecule has 0 aliphatic carbocycles. The first-order valence-electron chi connectivity index (χ1n) is 15.5. The molecule has 3 heterocycles. The highest BCUT2D eigenvalue weighted by molar-refractivity contribution is 5.99. The number of amides is 4. The maximum atomic E-state index is 13.9. The summed E-state index contributed by atoms with van der Waals surface area (Å²) >= 11 is 0. The summed E-state index contributed by atoms with van der Waals surface area (Å²) in [7, 11) is 0. The van der Waals surface area contributed by atoms with Crippen molar-refractivity contribution in [1.82, 2.24) is 30.3 Å². The molecule has 2 N–H and O–H groups in total. The fourth-order valence-corrected chi connectivity index (χ4v) is 5.77. The molecule has 4 amide bonds. The smallest absolute Gasteiger partial charge is 0.253 e. The molecule has 2 aliphatic heterocycles. The van der Waals surface area contributed by atoms with Crippen LogP contribution in [0.2, 0.25) is 0 Å². The molecule has 1 saturated heterocycles. The third-order valence-corrected chi connectivity index (χ3v) is 8.02. The number of nitrogens with zero attached hydrogens (tertiary/aromatic N) is 5. The normalized spacial score (nSPS) is 20.2. The molecule has 5 rings (SSSR count). The molecule has 0 bridgehead atoms. The fourth-order valence-electron chi connectivity index (χ4n) is 5.77. The van der Waals surface area contributed by atoms with E-state index in [0.29, 0.717) is 68.3 Å². The number of fused-ring (bicyclic) bond motifs is 1. The van der Waals surface area contributed by atoms with E-state index in [1.807, 2.05) is 57.2 Å². The molecule has 1 fully saturated rings. The topological polar surface area (TPSA) is 130 Å². The first-order valence-corrected chi connectivity index (χ1v) is 15.5. The Bertz CT molecular complexity index is 1500. The van der Waals surface area contributed by atoms with Crippen LogP contribution in [0.15, 0.2) is 54.6 Å². The Labute approximate surface area is 258 Å². The van der Waals surface area contributed by atoms with Crippen molar-refractivity contribution >= 4 is 29.3 Å². The summed E-state index contributed by atoms with van der Waals surface area (Å²) in [5.74, 6) is 0.657. The summed E-state index contributed by atoms with van der Waals surface area (Å²) in [6.07, 6.45) is 2.40. The first kappa shape index (κ1) is 30.9. The second kappa shape index (κ2) is 13.8. The summed E-state index contributed by atoms with van der Waals surface area (Å²) in [5, 5.41) is 10.7. The Hall–Kier alpha value is -4.54. The lowest BCUT2D eigenvalue weighted by Gasteiger charge is -2.26. The van der Waals surface area contributed by atoms with Crippen LogP contribution in [0, 0.1) is 5.92 Å². The highest BCUT2D eigenvalue weighted by atomic mass is 16.2. The first-order chi connectivity index (χ1) is 21.2. The van der Waals surface area contributed by atoms with Crippen molar-refractivity contribution in [3.63, 3.8) is 0 Å². The standard InChI is InChI=1S/C33H41N7O4/c1-22(2)20-27-32(43)34-23(3)31-36-30(24-10-5-4-6-11-24)37-40(31)19-18-38(16-8-14-28(41)35-27)33(44)25-12-7-13-26(21-25)39-17-9-15-29(39)42/h4-7,10-13,21-23,27H,8-9,14-20H2,1-3H3,(H,34,43)(H,35,41)/t23-,27-/m1/s1. The summed E-state index contributed by atoms with van der Waals surface area (Å²) in [5.41, 5.74) is 2.04. The van der Waals surface area contributed by atoms with E-state index in [4.69, 9.17) is 10.1 Å². The van der Waals surface area contributed by atoms with Crippen molar-refractivity contribution < 1.29 is 19.2 Å². The van der Waals surface area contributed by atoms with Gasteiger partial charge in [0.25, 0.3) is 5.91 Å². The summed E-state index contributed by atoms with van der Waals surface area (Å²) in [6.45, 7) is 7.50. The van der Waals surface area contributed by atoms with Gasteiger partial charge in [0.2, 0.25) is 17.7 Å². The third kappa shape index (κ3) is 7.32. The number of anilines is 1. The van der Waals surface area contributed by atoms with Crippen LogP contribution < -0.4 is 15.5 Å². The second-order valence-corrected chi connectivity index (χ2v) is 12.0. The molecule has 0 unspecified atom stereocenters. The Morgan fingerprint density at radius 1 is 0.932 bits per heavy atom. The van der Waals surface area contributed by atoms with Crippen molar-refractivity contribution in [2.75, 3.05) is 24.5 Å². The molecule has 3 aromatic rings. The average Bonchev–Trinajstić information content (AvgIpc) is 3.64. The highest BCUT2D eigenvalue weighted by Gasteiger charge is 2.28. The van der Waals surface area contributed by atoms with Crippen LogP contribution in [0.3, 0.4) is 0 Å². The van der Waals surface area contributed by atoms with Crippen LogP contribution in [0.5, 0.6) is 0 Å². The summed E-state index contributed by atoms with van der Waals surface area (Å²) in [4.78, 5) is 60.8. The van der Waals surface area contributed by atoms with E-state index in [-0.39, 0.29) is 36.0 Å². The Balaban J connectivity index is 1.46. The van der Waals surface area contributed by atoms with Gasteiger partial charge < -0.3 is 20.4 Å². The summed E-state index contributed by atoms with van der Waals surface area (Å²) in [6, 6.07) is 15.6. The number of carbonyl (C=O) groups is 4. The average molecular weight is 600 g/mol. The van der Waals surface area contributed by atoms with Crippen molar-refractivity contribution in [2.24, 2.45) is 5.92 Å². The number of hydrogen-bond donors (Lipinski definition) is 2. The quantitative estimate of drug-likeness (QED) is 0.460. The third-order valence-electron chi connectivity index (χ3n) is 8.02. The van der Waals surface area contributed by atoms with Gasteiger partial charge in [-0.15, -0.1) is 0 Å². The van der Waals surface area contributed by atoms with Crippen LogP contribution in [0.4, 0.5) is 5.69 Å². The van der Waals surface area contributed by atoms with Gasteiger partial charge in [0.05, 0.1) is 12.6 Å². The lowest BCUT2D eigenvalue weighted by Crippen LogP contribution is -2.48. The lowest BCUT2D eigenvalue weighted by atomic mass is 10.0. The van der Waals surface area contributed by atoms with Crippen molar-refractivity contribution in [2.45, 2.75) is 71.5 Å². The van der Waals surface area contributed by atoms with Crippen LogP contribution >= 0.6 is 0 Å². The molecule has 2 atom stereocenters. The monoisotopic (exact) mass is 599 g/mol. The van der Waals surface area contributed by atoms with Crippen LogP contribution in [0.1, 0.15) is 75.1 Å². The number of carbonyl (C=O) groups excluding carboxylic acids is 4. The predicted molar refractivity (Wildman–Crippen MR) is 167 cm³/mol. The zero-order valence-electron chi connectivity index (χ0n) is 25.7. The molecule has 2 aromatic carbocycles. The highest BCUT2D eigenvalue weighted by Crippen LogP contribution is 2.24. The van der Waals surface area contributed by atoms with E-state index in [1.165, 1.54) is 0 Å². The van der Waals surface area contributed by atoms with Gasteiger partial charge in [-0.2, -0.15) is 5.10 Å². The SMILES string of the molecule is CC(C)C[C@H]1NC(=O)CCCN(C(=O)c2cccc(N3CCCC3=O)c2)CCn2nc(-c3ccccc3)nc2[C@@H](C)NC1=O. The maximum Gasteiger partial charge on any atom is 0.253 e. The number of benzene rings is 2. The molecule has 11 nitrogen and oxygen atoms in total. The van der Waals surface area contributed by atoms with Crippen molar-refractivity contribution in [1.29, 1.82) is 0 Å². The van der Waals surface area contributed by atoms with Gasteiger partial charge in [0.1, 0.15) is 11.9 Å². The molecule has 0 spiro atoms. The van der Waals surface area contributed by atoms with Gasteiger partial charge in [-0.1, -0.05) is 50.2 Å². The van der Waals surface area contributed by atoms with Gasteiger partial charge >= 0.3 is 0 Å². The van der Waals surface area contributed by atoms with Crippen molar-refractivity contribution in [3.8, 4) is 11.4 Å². The molecule has 2 aliphatic rings. The molecule has 1 aromatic heterocycles. The minimum absolute atomic E-state index is 0.0591. The van der Waals surface area contributed by atoms with Crippen LogP contribution in [0.25, 0.3) is 11.4 Å².